The van der Waals surface area contributed by atoms with Gasteiger partial charge in [-0.3, -0.25) is 9.97 Å². The fraction of sp³-hybridized carbons (Fsp3) is 0.583. The van der Waals surface area contributed by atoms with Crippen LogP contribution in [0.5, 0.6) is 5.75 Å². The number of halogens is 1. The molecule has 0 amide bonds. The van der Waals surface area contributed by atoms with Gasteiger partial charge in [-0.25, -0.2) is 0 Å². The molecular formula is C24H34BrN3O. The first-order valence-electron chi connectivity index (χ1n) is 10.7. The maximum Gasteiger partial charge on any atom is 0.137 e. The molecule has 3 rings (SSSR count). The second-order valence-corrected chi connectivity index (χ2v) is 10.0. The summed E-state index contributed by atoms with van der Waals surface area (Å²) >= 11 is 3.39. The van der Waals surface area contributed by atoms with Crippen LogP contribution in [0.15, 0.2) is 24.5 Å². The summed E-state index contributed by atoms with van der Waals surface area (Å²) in [5.74, 6) is 1.38. The molecule has 158 valence electrons. The van der Waals surface area contributed by atoms with Crippen molar-refractivity contribution in [1.29, 1.82) is 0 Å². The molecule has 2 aromatic rings. The van der Waals surface area contributed by atoms with Gasteiger partial charge in [-0.2, -0.15) is 0 Å². The molecule has 1 saturated heterocycles. The van der Waals surface area contributed by atoms with E-state index in [-0.39, 0.29) is 0 Å². The van der Waals surface area contributed by atoms with Crippen LogP contribution in [0, 0.1) is 18.3 Å². The molecule has 0 radical (unpaired) electrons. The van der Waals surface area contributed by atoms with Gasteiger partial charge in [0.25, 0.3) is 0 Å². The zero-order valence-corrected chi connectivity index (χ0v) is 20.1. The van der Waals surface area contributed by atoms with Crippen molar-refractivity contribution in [2.75, 3.05) is 29.9 Å². The van der Waals surface area contributed by atoms with Crippen LogP contribution in [0.2, 0.25) is 0 Å². The monoisotopic (exact) mass is 459 g/mol. The average Bonchev–Trinajstić information content (AvgIpc) is 2.68. The minimum atomic E-state index is 0.420. The van der Waals surface area contributed by atoms with Gasteiger partial charge >= 0.3 is 0 Å². The Hall–Kier alpha value is -1.62. The SMILES string of the molecule is Cc1ncc(-c2ccc(OCCBr)cn2)c(N2CCC(C)(C)CC2)c1CC(C)C. The second-order valence-electron chi connectivity index (χ2n) is 9.25. The molecule has 0 atom stereocenters. The average molecular weight is 460 g/mol. The van der Waals surface area contributed by atoms with Crippen molar-refractivity contribution >= 4 is 21.6 Å². The predicted octanol–water partition coefficient (Wildman–Crippen LogP) is 6.05. The summed E-state index contributed by atoms with van der Waals surface area (Å²) in [6, 6.07) is 4.07. The molecule has 0 aliphatic carbocycles. The third-order valence-corrected chi connectivity index (χ3v) is 6.09. The number of aromatic nitrogens is 2. The number of rotatable bonds is 7. The van der Waals surface area contributed by atoms with Crippen molar-refractivity contribution in [3.05, 3.63) is 35.8 Å². The van der Waals surface area contributed by atoms with Crippen molar-refractivity contribution in [2.45, 2.75) is 53.9 Å². The highest BCUT2D eigenvalue weighted by atomic mass is 79.9. The Morgan fingerprint density at radius 3 is 2.45 bits per heavy atom. The molecule has 0 aromatic carbocycles. The van der Waals surface area contributed by atoms with Crippen molar-refractivity contribution in [3.63, 3.8) is 0 Å². The number of alkyl halides is 1. The van der Waals surface area contributed by atoms with Crippen LogP contribution in [0.1, 0.15) is 51.8 Å². The van der Waals surface area contributed by atoms with Gasteiger partial charge in [0.05, 0.1) is 24.2 Å². The highest BCUT2D eigenvalue weighted by Gasteiger charge is 2.29. The molecule has 4 nitrogen and oxygen atoms in total. The number of ether oxygens (including phenoxy) is 1. The van der Waals surface area contributed by atoms with Crippen LogP contribution in [0.3, 0.4) is 0 Å². The smallest absolute Gasteiger partial charge is 0.137 e. The Morgan fingerprint density at radius 1 is 1.14 bits per heavy atom. The number of anilines is 1. The van der Waals surface area contributed by atoms with E-state index < -0.39 is 0 Å². The van der Waals surface area contributed by atoms with E-state index in [2.05, 4.69) is 61.5 Å². The van der Waals surface area contributed by atoms with Crippen molar-refractivity contribution in [3.8, 4) is 17.0 Å². The van der Waals surface area contributed by atoms with Gasteiger partial charge in [-0.15, -0.1) is 0 Å². The van der Waals surface area contributed by atoms with Crippen LogP contribution in [-0.2, 0) is 6.42 Å². The summed E-state index contributed by atoms with van der Waals surface area (Å²) in [5.41, 5.74) is 6.37. The third-order valence-electron chi connectivity index (χ3n) is 5.77. The van der Waals surface area contributed by atoms with E-state index in [0.29, 0.717) is 17.9 Å². The first kappa shape index (κ1) is 22.1. The minimum Gasteiger partial charge on any atom is -0.491 e. The van der Waals surface area contributed by atoms with Crippen LogP contribution >= 0.6 is 15.9 Å². The summed E-state index contributed by atoms with van der Waals surface area (Å²) in [4.78, 5) is 12.1. The van der Waals surface area contributed by atoms with E-state index in [0.717, 1.165) is 47.5 Å². The standard InChI is InChI=1S/C24H34BrN3O/c1-17(2)14-20-18(3)26-16-21(22-7-6-19(15-27-22)29-13-10-25)23(20)28-11-8-24(4,5)9-12-28/h6-7,15-17H,8-14H2,1-5H3. The molecule has 3 heterocycles. The van der Waals surface area contributed by atoms with Gasteiger partial charge < -0.3 is 9.64 Å². The normalized spacial score (nSPS) is 16.3. The van der Waals surface area contributed by atoms with Gasteiger partial charge in [0.2, 0.25) is 0 Å². The van der Waals surface area contributed by atoms with Gasteiger partial charge in [0.15, 0.2) is 0 Å². The maximum absolute atomic E-state index is 5.68. The van der Waals surface area contributed by atoms with E-state index in [1.165, 1.54) is 24.1 Å². The molecule has 29 heavy (non-hydrogen) atoms. The summed E-state index contributed by atoms with van der Waals surface area (Å²) in [6.45, 7) is 14.3. The summed E-state index contributed by atoms with van der Waals surface area (Å²) in [5, 5.41) is 0.810. The lowest BCUT2D eigenvalue weighted by molar-refractivity contribution is 0.279. The van der Waals surface area contributed by atoms with Crippen LogP contribution in [0.4, 0.5) is 5.69 Å². The van der Waals surface area contributed by atoms with Crippen molar-refractivity contribution in [1.82, 2.24) is 9.97 Å². The minimum absolute atomic E-state index is 0.420. The zero-order chi connectivity index (χ0) is 21.0. The molecule has 2 aromatic heterocycles. The summed E-state index contributed by atoms with van der Waals surface area (Å²) in [6.07, 6.45) is 7.29. The molecule has 0 spiro atoms. The van der Waals surface area contributed by atoms with Crippen LogP contribution in [0.25, 0.3) is 11.3 Å². The molecule has 5 heteroatoms. The Morgan fingerprint density at radius 2 is 1.86 bits per heavy atom. The zero-order valence-electron chi connectivity index (χ0n) is 18.5. The number of pyridine rings is 2. The Balaban J connectivity index is 2.02. The Bertz CT molecular complexity index is 808. The lowest BCUT2D eigenvalue weighted by Crippen LogP contribution is -2.38. The number of nitrogens with zero attached hydrogens (tertiary/aromatic N) is 3. The van der Waals surface area contributed by atoms with E-state index in [1.807, 2.05) is 18.5 Å². The molecule has 0 N–H and O–H groups in total. The third kappa shape index (κ3) is 5.50. The van der Waals surface area contributed by atoms with Gasteiger partial charge in [-0.05, 0) is 55.2 Å². The molecule has 1 aliphatic heterocycles. The second kappa shape index (κ2) is 9.46. The molecule has 1 aliphatic rings. The first-order chi connectivity index (χ1) is 13.8. The quantitative estimate of drug-likeness (QED) is 0.472. The van der Waals surface area contributed by atoms with Crippen LogP contribution in [-0.4, -0.2) is 35.0 Å². The Kier molecular flexibility index (Phi) is 7.20. The predicted molar refractivity (Wildman–Crippen MR) is 125 cm³/mol. The number of hydrogen-bond donors (Lipinski definition) is 0. The lowest BCUT2D eigenvalue weighted by atomic mass is 9.82. The van der Waals surface area contributed by atoms with Gasteiger partial charge in [0.1, 0.15) is 5.75 Å². The number of hydrogen-bond acceptors (Lipinski definition) is 4. The van der Waals surface area contributed by atoms with E-state index in [4.69, 9.17) is 14.7 Å². The van der Waals surface area contributed by atoms with Crippen LogP contribution < -0.4 is 9.64 Å². The van der Waals surface area contributed by atoms with E-state index in [9.17, 15) is 0 Å². The summed E-state index contributed by atoms with van der Waals surface area (Å²) < 4.78 is 5.68. The molecule has 0 saturated carbocycles. The largest absolute Gasteiger partial charge is 0.491 e. The lowest BCUT2D eigenvalue weighted by Gasteiger charge is -2.40. The number of piperidine rings is 1. The molecule has 0 bridgehead atoms. The number of aryl methyl sites for hydroxylation is 1. The van der Waals surface area contributed by atoms with Crippen molar-refractivity contribution in [2.24, 2.45) is 11.3 Å². The molecule has 0 unspecified atom stereocenters. The van der Waals surface area contributed by atoms with Crippen molar-refractivity contribution < 1.29 is 4.74 Å². The van der Waals surface area contributed by atoms with Gasteiger partial charge in [0, 0.05) is 35.9 Å². The fourth-order valence-electron chi connectivity index (χ4n) is 3.95. The maximum atomic E-state index is 5.68. The van der Waals surface area contributed by atoms with Gasteiger partial charge in [-0.1, -0.05) is 43.6 Å². The highest BCUT2D eigenvalue weighted by molar-refractivity contribution is 9.09. The first-order valence-corrected chi connectivity index (χ1v) is 11.8. The topological polar surface area (TPSA) is 38.3 Å². The Labute approximate surface area is 184 Å². The fourth-order valence-corrected chi connectivity index (χ4v) is 4.11. The van der Waals surface area contributed by atoms with E-state index in [1.54, 1.807) is 0 Å². The molecular weight excluding hydrogens is 426 g/mol. The molecule has 1 fully saturated rings. The van der Waals surface area contributed by atoms with E-state index >= 15 is 0 Å². The summed E-state index contributed by atoms with van der Waals surface area (Å²) in [7, 11) is 0. The highest BCUT2D eigenvalue weighted by Crippen LogP contribution is 2.40.